The number of piperidine rings is 1. The molecule has 1 unspecified atom stereocenters. The number of methoxy groups -OCH3 is 2. The van der Waals surface area contributed by atoms with Crippen molar-refractivity contribution in [2.75, 3.05) is 27.1 Å². The van der Waals surface area contributed by atoms with Gasteiger partial charge in [-0.25, -0.2) is 0 Å². The van der Waals surface area contributed by atoms with Gasteiger partial charge in [-0.05, 0) is 67.6 Å². The molecule has 28 heavy (non-hydrogen) atoms. The number of hydrogen-bond donors (Lipinski definition) is 0. The van der Waals surface area contributed by atoms with E-state index in [9.17, 15) is 4.79 Å². The van der Waals surface area contributed by atoms with Gasteiger partial charge in [0.1, 0.15) is 0 Å². The summed E-state index contributed by atoms with van der Waals surface area (Å²) >= 11 is 0. The summed E-state index contributed by atoms with van der Waals surface area (Å²) in [4.78, 5) is 13.5. The zero-order valence-electron chi connectivity index (χ0n) is 35.3. The average molecular weight is 401 g/mol. The Bertz CT molecular complexity index is 1620. The number of benzene rings is 2. The van der Waals surface area contributed by atoms with Crippen LogP contribution < -0.4 is 9.47 Å². The van der Waals surface area contributed by atoms with Crippen LogP contribution in [0, 0.1) is 11.8 Å². The van der Waals surface area contributed by atoms with Crippen LogP contribution in [-0.4, -0.2) is 37.8 Å². The van der Waals surface area contributed by atoms with Crippen molar-refractivity contribution >= 4 is 5.78 Å². The van der Waals surface area contributed by atoms with Crippen LogP contribution in [0.2, 0.25) is 0 Å². The number of rotatable bonds is 6. The first-order valence-corrected chi connectivity index (χ1v) is 8.19. The molecule has 1 aliphatic carbocycles. The molecule has 0 N–H and O–H groups in total. The van der Waals surface area contributed by atoms with Crippen molar-refractivity contribution in [2.45, 2.75) is 32.0 Å². The highest BCUT2D eigenvalue weighted by Gasteiger charge is 2.34. The van der Waals surface area contributed by atoms with Gasteiger partial charge in [0, 0.05) is 35.8 Å². The molecule has 0 radical (unpaired) electrons. The van der Waals surface area contributed by atoms with Gasteiger partial charge < -0.3 is 9.47 Å². The third-order valence-electron chi connectivity index (χ3n) is 4.10. The zero-order chi connectivity index (χ0) is 37.9. The SMILES string of the molecule is [2H]c1c2c(c([2H])c(OC([2H])([2H])[2H])c1OC([2H])([2H])[2H])C(=O)C(C([2H])([2H])C1([2H])C([2H])([2H])C([2H])([2H])N(C([2H])([2H])c3ccccc3)C([2H])([2H])C1([2H])[2H])C2. The molecular weight excluding hydrogens is 350 g/mol. The van der Waals surface area contributed by atoms with Crippen molar-refractivity contribution in [2.24, 2.45) is 11.8 Å². The molecule has 4 heteroatoms. The smallest absolute Gasteiger partial charge is 0.166 e. The summed E-state index contributed by atoms with van der Waals surface area (Å²) in [5.74, 6) is -10.6. The van der Waals surface area contributed by atoms with Gasteiger partial charge in [-0.1, -0.05) is 30.3 Å². The minimum Gasteiger partial charge on any atom is -0.493 e. The summed E-state index contributed by atoms with van der Waals surface area (Å²) in [5.41, 5.74) is -2.01. The second-order valence-electron chi connectivity index (χ2n) is 5.89. The lowest BCUT2D eigenvalue weighted by Crippen LogP contribution is -2.34. The third kappa shape index (κ3) is 3.93. The highest BCUT2D eigenvalue weighted by molar-refractivity contribution is 6.02. The first-order valence-electron chi connectivity index (χ1n) is 18.7. The van der Waals surface area contributed by atoms with E-state index in [1.54, 1.807) is 0 Å². The van der Waals surface area contributed by atoms with Crippen LogP contribution in [0.15, 0.2) is 42.4 Å². The average Bonchev–Trinajstić information content (AvgIpc) is 3.29. The van der Waals surface area contributed by atoms with Crippen molar-refractivity contribution in [3.05, 3.63) is 59.1 Å². The summed E-state index contributed by atoms with van der Waals surface area (Å²) in [5, 5.41) is 0. The molecule has 2 aliphatic rings. The van der Waals surface area contributed by atoms with Crippen LogP contribution in [0.1, 0.15) is 69.4 Å². The van der Waals surface area contributed by atoms with E-state index < -0.39 is 122 Å². The number of carbonyl (C=O) groups is 1. The zero-order valence-corrected chi connectivity index (χ0v) is 14.3. The van der Waals surface area contributed by atoms with Crippen LogP contribution in [0.3, 0.4) is 0 Å². The first-order chi connectivity index (χ1) is 21.7. The molecular formula is C24H29NO3. The van der Waals surface area contributed by atoms with E-state index in [1.165, 1.54) is 18.2 Å². The Hall–Kier alpha value is -2.33. The monoisotopic (exact) mass is 400 g/mol. The molecule has 148 valence electrons. The van der Waals surface area contributed by atoms with Crippen LogP contribution in [0.4, 0.5) is 0 Å². The Kier molecular flexibility index (Phi) is 1.89. The van der Waals surface area contributed by atoms with Crippen molar-refractivity contribution < 1.29 is 43.1 Å². The third-order valence-corrected chi connectivity index (χ3v) is 4.10. The number of carbonyl (C=O) groups excluding carboxylic acids is 1. The van der Waals surface area contributed by atoms with E-state index in [0.717, 1.165) is 12.1 Å². The standard InChI is InChI=1S/C24H29NO3/c1-27-22-14-19-13-20(24(26)21(19)15-23(22)28-2)12-17-8-10-25(11-9-17)16-18-6-4-3-5-7-18/h3-7,14-15,17,20H,8-13,16H2,1-2H3/i1D3,2D3,8D2,9D2,10D2,11D2,12D2,14D,15D,16D2,17D. The maximum atomic E-state index is 13.9. The Morgan fingerprint density at radius 3 is 2.64 bits per heavy atom. The van der Waals surface area contributed by atoms with E-state index in [1.807, 2.05) is 0 Å². The van der Waals surface area contributed by atoms with Crippen LogP contribution >= 0.6 is 0 Å². The Morgan fingerprint density at radius 1 is 1.21 bits per heavy atom. The van der Waals surface area contributed by atoms with Gasteiger partial charge in [0.15, 0.2) is 17.3 Å². The summed E-state index contributed by atoms with van der Waals surface area (Å²) in [6.45, 7) is -11.4. The first kappa shape index (κ1) is 6.33. The molecule has 1 heterocycles. The minimum absolute atomic E-state index is 0.392. The lowest BCUT2D eigenvalue weighted by atomic mass is 9.85. The molecule has 0 bridgehead atoms. The van der Waals surface area contributed by atoms with E-state index in [0.29, 0.717) is 0 Å². The summed E-state index contributed by atoms with van der Waals surface area (Å²) < 4.78 is 185. The number of ether oxygens (including phenoxy) is 2. The molecule has 0 amide bonds. The molecule has 4 rings (SSSR count). The fourth-order valence-corrected chi connectivity index (χ4v) is 2.82. The predicted molar refractivity (Wildman–Crippen MR) is 110 cm³/mol. The number of nitrogens with zero attached hydrogens (tertiary/aromatic N) is 1. The van der Waals surface area contributed by atoms with Gasteiger partial charge in [0.05, 0.1) is 25.0 Å². The summed E-state index contributed by atoms with van der Waals surface area (Å²) in [6, 6.07) is 3.98. The molecule has 2 aromatic carbocycles. The van der Waals surface area contributed by atoms with Crippen LogP contribution in [0.25, 0.3) is 0 Å². The minimum atomic E-state index is -4.26. The summed E-state index contributed by atoms with van der Waals surface area (Å²) in [6.07, 6.45) is -13.4. The highest BCUT2D eigenvalue weighted by Crippen LogP contribution is 2.39. The second kappa shape index (κ2) is 8.36. The summed E-state index contributed by atoms with van der Waals surface area (Å²) in [7, 11) is -6.76. The molecule has 2 aromatic rings. The molecule has 0 aromatic heterocycles. The van der Waals surface area contributed by atoms with Crippen molar-refractivity contribution in [3.63, 3.8) is 0 Å². The van der Waals surface area contributed by atoms with Crippen LogP contribution in [-0.2, 0) is 12.9 Å². The largest absolute Gasteiger partial charge is 0.493 e. The number of ketones is 1. The van der Waals surface area contributed by atoms with Crippen molar-refractivity contribution in [1.82, 2.24) is 4.90 Å². The maximum absolute atomic E-state index is 13.9. The van der Waals surface area contributed by atoms with E-state index >= 15 is 0 Å². The molecule has 0 saturated carbocycles. The molecule has 4 nitrogen and oxygen atoms in total. The van der Waals surface area contributed by atoms with E-state index in [-0.39, 0.29) is 0 Å². The fraction of sp³-hybridized carbons (Fsp3) is 0.458. The second-order valence-corrected chi connectivity index (χ2v) is 5.89. The lowest BCUT2D eigenvalue weighted by Gasteiger charge is -2.32. The highest BCUT2D eigenvalue weighted by atomic mass is 16.5. The topological polar surface area (TPSA) is 38.8 Å². The van der Waals surface area contributed by atoms with Gasteiger partial charge >= 0.3 is 0 Å². The van der Waals surface area contributed by atoms with E-state index in [4.69, 9.17) is 38.3 Å². The maximum Gasteiger partial charge on any atom is 0.166 e. The van der Waals surface area contributed by atoms with Gasteiger partial charge in [-0.15, -0.1) is 0 Å². The number of Topliss-reactive ketones (excluding diaryl/α,β-unsaturated/α-hetero) is 1. The number of likely N-dealkylation sites (tertiary alicyclic amines) is 1. The fourth-order valence-electron chi connectivity index (χ4n) is 2.82. The normalized spacial score (nSPS) is 41.5. The molecule has 1 fully saturated rings. The molecule has 1 aliphatic heterocycles. The number of hydrogen-bond acceptors (Lipinski definition) is 4. The predicted octanol–water partition coefficient (Wildman–Crippen LogP) is 4.36. The van der Waals surface area contributed by atoms with Gasteiger partial charge in [-0.2, -0.15) is 0 Å². The van der Waals surface area contributed by atoms with E-state index in [2.05, 4.69) is 0 Å². The Morgan fingerprint density at radius 2 is 1.93 bits per heavy atom. The van der Waals surface area contributed by atoms with Gasteiger partial charge in [-0.3, -0.25) is 9.69 Å². The molecule has 0 spiro atoms. The Labute approximate surface area is 197 Å². The molecule has 1 saturated heterocycles. The Balaban J connectivity index is 1.95. The lowest BCUT2D eigenvalue weighted by molar-refractivity contribution is 0.0895. The quantitative estimate of drug-likeness (QED) is 0.722. The van der Waals surface area contributed by atoms with Crippen molar-refractivity contribution in [1.29, 1.82) is 0 Å². The van der Waals surface area contributed by atoms with Gasteiger partial charge in [0.25, 0.3) is 0 Å². The molecule has 1 atom stereocenters. The van der Waals surface area contributed by atoms with Gasteiger partial charge in [0.2, 0.25) is 0 Å². The van der Waals surface area contributed by atoms with Crippen LogP contribution in [0.5, 0.6) is 11.5 Å². The number of fused-ring (bicyclic) bond motifs is 1. The van der Waals surface area contributed by atoms with Crippen molar-refractivity contribution in [3.8, 4) is 11.5 Å².